The third-order valence-electron chi connectivity index (χ3n) is 2.49. The molecule has 0 bridgehead atoms. The van der Waals surface area contributed by atoms with Gasteiger partial charge in [-0.2, -0.15) is 0 Å². The first-order chi connectivity index (χ1) is 8.15. The predicted molar refractivity (Wildman–Crippen MR) is 71.3 cm³/mol. The summed E-state index contributed by atoms with van der Waals surface area (Å²) in [6.07, 6.45) is 0. The van der Waals surface area contributed by atoms with Crippen molar-refractivity contribution in [2.75, 3.05) is 0 Å². The summed E-state index contributed by atoms with van der Waals surface area (Å²) in [4.78, 5) is 0. The van der Waals surface area contributed by atoms with E-state index in [1.165, 1.54) is 0 Å². The molecule has 17 heavy (non-hydrogen) atoms. The Kier molecular flexibility index (Phi) is 3.69. The number of phenolic OH excluding ortho intramolecular Hbond substituents is 1. The maximum absolute atomic E-state index is 9.57. The number of hydrogen-bond donors (Lipinski definition) is 1. The number of aryl methyl sites for hydroxylation is 1. The van der Waals surface area contributed by atoms with E-state index in [4.69, 9.17) is 4.74 Å². The number of halogens is 1. The Balaban J connectivity index is 2.02. The Bertz CT molecular complexity index is 506. The van der Waals surface area contributed by atoms with E-state index >= 15 is 0 Å². The van der Waals surface area contributed by atoms with E-state index in [0.717, 1.165) is 21.3 Å². The topological polar surface area (TPSA) is 29.5 Å². The van der Waals surface area contributed by atoms with Crippen LogP contribution in [0, 0.1) is 6.92 Å². The number of rotatable bonds is 3. The first-order valence-corrected chi connectivity index (χ1v) is 6.11. The molecule has 0 aliphatic heterocycles. The van der Waals surface area contributed by atoms with Crippen molar-refractivity contribution in [1.29, 1.82) is 0 Å². The Morgan fingerprint density at radius 2 is 1.82 bits per heavy atom. The summed E-state index contributed by atoms with van der Waals surface area (Å²) in [6.45, 7) is 2.32. The molecule has 0 saturated carbocycles. The lowest BCUT2D eigenvalue weighted by molar-refractivity contribution is 0.305. The van der Waals surface area contributed by atoms with E-state index in [9.17, 15) is 5.11 Å². The van der Waals surface area contributed by atoms with Crippen LogP contribution < -0.4 is 4.74 Å². The molecule has 0 heterocycles. The van der Waals surface area contributed by atoms with Gasteiger partial charge in [-0.15, -0.1) is 0 Å². The Morgan fingerprint density at radius 3 is 2.47 bits per heavy atom. The van der Waals surface area contributed by atoms with Crippen LogP contribution in [0.15, 0.2) is 46.9 Å². The summed E-state index contributed by atoms with van der Waals surface area (Å²) in [5.41, 5.74) is 1.83. The molecule has 0 aliphatic rings. The van der Waals surface area contributed by atoms with E-state index in [1.807, 2.05) is 43.3 Å². The molecular formula is C14H13BrO2. The minimum Gasteiger partial charge on any atom is -0.508 e. The van der Waals surface area contributed by atoms with Gasteiger partial charge in [-0.1, -0.05) is 28.1 Å². The van der Waals surface area contributed by atoms with Crippen molar-refractivity contribution in [3.63, 3.8) is 0 Å². The standard InChI is InChI=1S/C14H13BrO2/c1-10-2-3-11(8-14(10)16)9-17-13-6-4-12(15)5-7-13/h2-8,16H,9H2,1H3. The van der Waals surface area contributed by atoms with Gasteiger partial charge in [0, 0.05) is 4.47 Å². The molecule has 1 N–H and O–H groups in total. The number of aromatic hydroxyl groups is 1. The average molecular weight is 293 g/mol. The first kappa shape index (κ1) is 12.0. The second kappa shape index (κ2) is 5.23. The Hall–Kier alpha value is -1.48. The molecular weight excluding hydrogens is 280 g/mol. The second-order valence-corrected chi connectivity index (χ2v) is 4.78. The summed E-state index contributed by atoms with van der Waals surface area (Å²) >= 11 is 3.37. The smallest absolute Gasteiger partial charge is 0.119 e. The Morgan fingerprint density at radius 1 is 1.12 bits per heavy atom. The SMILES string of the molecule is Cc1ccc(COc2ccc(Br)cc2)cc1O. The minimum absolute atomic E-state index is 0.307. The molecule has 0 saturated heterocycles. The predicted octanol–water partition coefficient (Wildman–Crippen LogP) is 4.04. The van der Waals surface area contributed by atoms with Crippen molar-refractivity contribution in [2.24, 2.45) is 0 Å². The lowest BCUT2D eigenvalue weighted by Crippen LogP contribution is -1.95. The van der Waals surface area contributed by atoms with Crippen LogP contribution in [0.4, 0.5) is 0 Å². The van der Waals surface area contributed by atoms with Crippen molar-refractivity contribution in [3.05, 3.63) is 58.1 Å². The van der Waals surface area contributed by atoms with E-state index in [-0.39, 0.29) is 0 Å². The molecule has 2 rings (SSSR count). The van der Waals surface area contributed by atoms with Gasteiger partial charge < -0.3 is 9.84 Å². The van der Waals surface area contributed by atoms with Gasteiger partial charge in [0.25, 0.3) is 0 Å². The van der Waals surface area contributed by atoms with Crippen LogP contribution in [0.5, 0.6) is 11.5 Å². The van der Waals surface area contributed by atoms with Crippen LogP contribution in [0.3, 0.4) is 0 Å². The van der Waals surface area contributed by atoms with E-state index in [0.29, 0.717) is 12.4 Å². The van der Waals surface area contributed by atoms with Crippen LogP contribution in [0.1, 0.15) is 11.1 Å². The zero-order valence-electron chi connectivity index (χ0n) is 9.48. The van der Waals surface area contributed by atoms with E-state index in [1.54, 1.807) is 6.07 Å². The molecule has 88 valence electrons. The number of benzene rings is 2. The van der Waals surface area contributed by atoms with Crippen molar-refractivity contribution in [3.8, 4) is 11.5 Å². The first-order valence-electron chi connectivity index (χ1n) is 5.32. The summed E-state index contributed by atoms with van der Waals surface area (Å²) in [7, 11) is 0. The number of phenols is 1. The third-order valence-corrected chi connectivity index (χ3v) is 3.02. The van der Waals surface area contributed by atoms with Crippen molar-refractivity contribution in [1.82, 2.24) is 0 Å². The van der Waals surface area contributed by atoms with Crippen LogP contribution in [0.2, 0.25) is 0 Å². The summed E-state index contributed by atoms with van der Waals surface area (Å²) in [5, 5.41) is 9.57. The highest BCUT2D eigenvalue weighted by Crippen LogP contribution is 2.20. The van der Waals surface area contributed by atoms with Crippen molar-refractivity contribution >= 4 is 15.9 Å². The molecule has 0 fully saturated rings. The fourth-order valence-electron chi connectivity index (χ4n) is 1.44. The highest BCUT2D eigenvalue weighted by molar-refractivity contribution is 9.10. The summed E-state index contributed by atoms with van der Waals surface area (Å²) in [5.74, 6) is 1.12. The highest BCUT2D eigenvalue weighted by atomic mass is 79.9. The lowest BCUT2D eigenvalue weighted by atomic mass is 10.1. The molecule has 0 aliphatic carbocycles. The summed E-state index contributed by atoms with van der Waals surface area (Å²) in [6, 6.07) is 13.2. The van der Waals surface area contributed by atoms with Crippen molar-refractivity contribution in [2.45, 2.75) is 13.5 Å². The van der Waals surface area contributed by atoms with E-state index < -0.39 is 0 Å². The van der Waals surface area contributed by atoms with Gasteiger partial charge in [0.15, 0.2) is 0 Å². The van der Waals surface area contributed by atoms with Gasteiger partial charge in [-0.05, 0) is 48.4 Å². The lowest BCUT2D eigenvalue weighted by Gasteiger charge is -2.07. The van der Waals surface area contributed by atoms with Gasteiger partial charge in [0.1, 0.15) is 18.1 Å². The molecule has 3 heteroatoms. The fourth-order valence-corrected chi connectivity index (χ4v) is 1.71. The molecule has 0 aromatic heterocycles. The molecule has 0 spiro atoms. The average Bonchev–Trinajstić information content (AvgIpc) is 2.33. The largest absolute Gasteiger partial charge is 0.508 e. The van der Waals surface area contributed by atoms with E-state index in [2.05, 4.69) is 15.9 Å². The zero-order chi connectivity index (χ0) is 12.3. The normalized spacial score (nSPS) is 10.2. The maximum atomic E-state index is 9.57. The zero-order valence-corrected chi connectivity index (χ0v) is 11.1. The Labute approximate surface area is 109 Å². The number of ether oxygens (including phenoxy) is 1. The third kappa shape index (κ3) is 3.24. The minimum atomic E-state index is 0.307. The van der Waals surface area contributed by atoms with Crippen LogP contribution in [0.25, 0.3) is 0 Å². The molecule has 2 nitrogen and oxygen atoms in total. The molecule has 0 radical (unpaired) electrons. The van der Waals surface area contributed by atoms with Crippen LogP contribution in [-0.2, 0) is 6.61 Å². The highest BCUT2D eigenvalue weighted by Gasteiger charge is 2.00. The van der Waals surface area contributed by atoms with Crippen LogP contribution >= 0.6 is 15.9 Å². The fraction of sp³-hybridized carbons (Fsp3) is 0.143. The molecule has 0 unspecified atom stereocenters. The molecule has 0 atom stereocenters. The van der Waals surface area contributed by atoms with Gasteiger partial charge in [-0.3, -0.25) is 0 Å². The number of hydrogen-bond acceptors (Lipinski definition) is 2. The maximum Gasteiger partial charge on any atom is 0.119 e. The van der Waals surface area contributed by atoms with Gasteiger partial charge in [0.2, 0.25) is 0 Å². The van der Waals surface area contributed by atoms with Gasteiger partial charge in [0.05, 0.1) is 0 Å². The van der Waals surface area contributed by atoms with Crippen molar-refractivity contribution < 1.29 is 9.84 Å². The quantitative estimate of drug-likeness (QED) is 0.925. The molecule has 0 amide bonds. The van der Waals surface area contributed by atoms with Gasteiger partial charge >= 0.3 is 0 Å². The second-order valence-electron chi connectivity index (χ2n) is 3.86. The summed E-state index contributed by atoms with van der Waals surface area (Å²) < 4.78 is 6.64. The van der Waals surface area contributed by atoms with Crippen LogP contribution in [-0.4, -0.2) is 5.11 Å². The van der Waals surface area contributed by atoms with Gasteiger partial charge in [-0.25, -0.2) is 0 Å². The molecule has 2 aromatic carbocycles. The monoisotopic (exact) mass is 292 g/mol. The molecule has 2 aromatic rings.